The second-order valence-corrected chi connectivity index (χ2v) is 31.4. The van der Waals surface area contributed by atoms with E-state index in [0.717, 1.165) is 0 Å². The Morgan fingerprint density at radius 2 is 0.963 bits per heavy atom. The molecule has 0 rings (SSSR count). The first-order valence-electron chi connectivity index (χ1n) is 10.4. The number of hydrogen-bond acceptors (Lipinski definition) is 4. The Morgan fingerprint density at radius 1 is 0.593 bits per heavy atom. The van der Waals surface area contributed by atoms with Gasteiger partial charge in [0.05, 0.1) is 0 Å². The summed E-state index contributed by atoms with van der Waals surface area (Å²) in [6.45, 7) is 31.3. The summed E-state index contributed by atoms with van der Waals surface area (Å²) < 4.78 is 26.6. The Hall–Kier alpha value is 0.924. The van der Waals surface area contributed by atoms with E-state index in [4.69, 9.17) is 16.5 Å². The minimum atomic E-state index is -2.35. The summed E-state index contributed by atoms with van der Waals surface area (Å²) in [4.78, 5) is 0. The molecule has 0 amide bonds. The zero-order chi connectivity index (χ0) is 21.9. The molecular weight excluding hydrogens is 421 g/mol. The molecule has 0 N–H and O–H groups in total. The lowest BCUT2D eigenvalue weighted by Gasteiger charge is -2.45. The van der Waals surface area contributed by atoms with E-state index in [1.165, 1.54) is 18.9 Å². The molecule has 0 radical (unpaired) electrons. The van der Waals surface area contributed by atoms with Crippen molar-refractivity contribution in [3.05, 3.63) is 0 Å². The molecule has 0 bridgehead atoms. The van der Waals surface area contributed by atoms with Gasteiger partial charge in [0.1, 0.15) is 0 Å². The van der Waals surface area contributed by atoms with Gasteiger partial charge in [0.15, 0.2) is 16.6 Å². The molecule has 0 aliphatic rings. The topological polar surface area (TPSA) is 36.9 Å². The largest absolute Gasteiger partial charge is 0.436 e. The molecule has 4 nitrogen and oxygen atoms in total. The summed E-state index contributed by atoms with van der Waals surface area (Å²) in [5.41, 5.74) is 0. The van der Waals surface area contributed by atoms with Crippen LogP contribution < -0.4 is 0 Å². The third kappa shape index (κ3) is 11.0. The Balaban J connectivity index is 5.09. The van der Waals surface area contributed by atoms with Crippen molar-refractivity contribution < 1.29 is 16.5 Å². The number of rotatable bonds is 11. The second kappa shape index (κ2) is 9.38. The minimum absolute atomic E-state index is 0.180. The summed E-state index contributed by atoms with van der Waals surface area (Å²) in [5.74, 6) is 0. The van der Waals surface area contributed by atoms with E-state index in [1.54, 1.807) is 0 Å². The molecule has 164 valence electrons. The quantitative estimate of drug-likeness (QED) is 0.301. The smallest absolute Gasteiger partial charge is 0.314 e. The first kappa shape index (κ1) is 27.9. The fourth-order valence-corrected chi connectivity index (χ4v) is 27.5. The van der Waals surface area contributed by atoms with Crippen molar-refractivity contribution in [2.75, 3.05) is 0 Å². The van der Waals surface area contributed by atoms with Crippen molar-refractivity contribution in [2.45, 2.75) is 117 Å². The van der Waals surface area contributed by atoms with Gasteiger partial charge in [-0.1, -0.05) is 40.5 Å². The first-order valence-corrected chi connectivity index (χ1v) is 24.9. The molecule has 9 heteroatoms. The van der Waals surface area contributed by atoms with E-state index in [0.29, 0.717) is 0 Å². The molecule has 0 aromatic rings. The highest BCUT2D eigenvalue weighted by Crippen LogP contribution is 2.39. The average molecular weight is 469 g/mol. The predicted molar refractivity (Wildman–Crippen MR) is 131 cm³/mol. The van der Waals surface area contributed by atoms with E-state index in [-0.39, 0.29) is 5.04 Å². The van der Waals surface area contributed by atoms with Crippen LogP contribution in [0, 0.1) is 0 Å². The molecule has 0 atom stereocenters. The van der Waals surface area contributed by atoms with Crippen molar-refractivity contribution in [1.82, 2.24) is 0 Å². The molecule has 0 saturated heterocycles. The fourth-order valence-electron chi connectivity index (χ4n) is 3.33. The first-order chi connectivity index (χ1) is 11.6. The highest BCUT2D eigenvalue weighted by molar-refractivity contribution is 6.91. The van der Waals surface area contributed by atoms with Crippen LogP contribution in [0.1, 0.15) is 40.5 Å². The maximum Gasteiger partial charge on any atom is 0.314 e. The van der Waals surface area contributed by atoms with Gasteiger partial charge in [-0.3, -0.25) is 0 Å². The minimum Gasteiger partial charge on any atom is -0.436 e. The van der Waals surface area contributed by atoms with Crippen LogP contribution in [0.15, 0.2) is 0 Å². The molecule has 0 aromatic heterocycles. The lowest BCUT2D eigenvalue weighted by molar-refractivity contribution is 0.294. The van der Waals surface area contributed by atoms with E-state index in [1.807, 2.05) is 0 Å². The van der Waals surface area contributed by atoms with Crippen LogP contribution in [0.4, 0.5) is 0 Å². The highest BCUT2D eigenvalue weighted by Gasteiger charge is 2.48. The summed E-state index contributed by atoms with van der Waals surface area (Å²) in [6, 6.07) is 1.20. The highest BCUT2D eigenvalue weighted by atomic mass is 28.5. The molecule has 0 saturated carbocycles. The van der Waals surface area contributed by atoms with Crippen molar-refractivity contribution >= 4 is 42.3 Å². The van der Waals surface area contributed by atoms with Gasteiger partial charge in [0.2, 0.25) is 0 Å². The van der Waals surface area contributed by atoms with E-state index in [9.17, 15) is 0 Å². The summed E-state index contributed by atoms with van der Waals surface area (Å²) in [5, 5.41) is 0.180. The van der Waals surface area contributed by atoms with Gasteiger partial charge < -0.3 is 16.5 Å². The van der Waals surface area contributed by atoms with Gasteiger partial charge in [-0.15, -0.1) is 0 Å². The molecule has 0 aliphatic heterocycles. The Bertz CT molecular complexity index is 471. The van der Waals surface area contributed by atoms with Crippen LogP contribution in [0.2, 0.25) is 76.6 Å². The SMILES string of the molecule is CCCC[Si](C)(C)O[Si](C)(C)O[Si](C)(C)O[Si](C)(C)O[Si](C)(C)C(C)(C)C. The molecule has 0 heterocycles. The second-order valence-electron chi connectivity index (χ2n) is 11.2. The maximum atomic E-state index is 6.69. The van der Waals surface area contributed by atoms with Gasteiger partial charge in [0.25, 0.3) is 0 Å². The van der Waals surface area contributed by atoms with E-state index in [2.05, 4.69) is 93.2 Å². The zero-order valence-electron chi connectivity index (χ0n) is 20.8. The van der Waals surface area contributed by atoms with Crippen molar-refractivity contribution in [1.29, 1.82) is 0 Å². The summed E-state index contributed by atoms with van der Waals surface area (Å²) >= 11 is 0. The normalized spacial score (nSPS) is 15.3. The Kier molecular flexibility index (Phi) is 9.70. The van der Waals surface area contributed by atoms with Gasteiger partial charge >= 0.3 is 25.7 Å². The van der Waals surface area contributed by atoms with Gasteiger partial charge in [-0.2, -0.15) is 0 Å². The van der Waals surface area contributed by atoms with Gasteiger partial charge in [-0.05, 0) is 76.6 Å². The molecule has 0 unspecified atom stereocenters. The fraction of sp³-hybridized carbons (Fsp3) is 1.00. The van der Waals surface area contributed by atoms with Gasteiger partial charge in [-0.25, -0.2) is 0 Å². The average Bonchev–Trinajstić information content (AvgIpc) is 2.28. The third-order valence-corrected chi connectivity index (χ3v) is 26.2. The Morgan fingerprint density at radius 3 is 1.33 bits per heavy atom. The molecule has 0 aliphatic carbocycles. The lowest BCUT2D eigenvalue weighted by Crippen LogP contribution is -2.59. The van der Waals surface area contributed by atoms with Gasteiger partial charge in [0, 0.05) is 0 Å². The van der Waals surface area contributed by atoms with Crippen LogP contribution in [-0.2, 0) is 16.5 Å². The number of unbranched alkanes of at least 4 members (excludes halogenated alkanes) is 1. The molecule has 0 spiro atoms. The maximum absolute atomic E-state index is 6.69. The third-order valence-electron chi connectivity index (χ3n) is 4.94. The molecular formula is C18H48O4Si5. The van der Waals surface area contributed by atoms with Crippen LogP contribution in [-0.4, -0.2) is 42.3 Å². The van der Waals surface area contributed by atoms with Crippen molar-refractivity contribution in [3.63, 3.8) is 0 Å². The standard InChI is InChI=1S/C18H48O4Si5/c1-15-16-17-23(5,6)19-25(9,10)21-27(13,14)22-26(11,12)20-24(7,8)18(2,3)4/h15-17H2,1-14H3. The molecule has 0 aromatic carbocycles. The predicted octanol–water partition coefficient (Wildman–Crippen LogP) is 7.17. The van der Waals surface area contributed by atoms with Crippen LogP contribution in [0.5, 0.6) is 0 Å². The van der Waals surface area contributed by atoms with Crippen molar-refractivity contribution in [2.24, 2.45) is 0 Å². The van der Waals surface area contributed by atoms with E-state index >= 15 is 0 Å². The molecule has 27 heavy (non-hydrogen) atoms. The van der Waals surface area contributed by atoms with Crippen LogP contribution in [0.3, 0.4) is 0 Å². The lowest BCUT2D eigenvalue weighted by atomic mass is 10.2. The monoisotopic (exact) mass is 468 g/mol. The van der Waals surface area contributed by atoms with Crippen molar-refractivity contribution in [3.8, 4) is 0 Å². The Labute approximate surface area is 175 Å². The van der Waals surface area contributed by atoms with Crippen LogP contribution >= 0.6 is 0 Å². The summed E-state index contributed by atoms with van der Waals surface area (Å²) in [7, 11) is -10.4. The zero-order valence-corrected chi connectivity index (χ0v) is 25.8. The number of hydrogen-bond donors (Lipinski definition) is 0. The summed E-state index contributed by atoms with van der Waals surface area (Å²) in [6.07, 6.45) is 2.46. The molecule has 0 fully saturated rings. The van der Waals surface area contributed by atoms with Crippen LogP contribution in [0.25, 0.3) is 0 Å². The van der Waals surface area contributed by atoms with E-state index < -0.39 is 42.3 Å².